The third-order valence-corrected chi connectivity index (χ3v) is 5.27. The molecule has 3 nitrogen and oxygen atoms in total. The van der Waals surface area contributed by atoms with Crippen LogP contribution >= 0.6 is 0 Å². The van der Waals surface area contributed by atoms with Crippen molar-refractivity contribution in [2.45, 2.75) is 26.1 Å². The van der Waals surface area contributed by atoms with Crippen LogP contribution < -0.4 is 0 Å². The Balaban J connectivity index is 1.58. The predicted octanol–water partition coefficient (Wildman–Crippen LogP) is 4.98. The highest BCUT2D eigenvalue weighted by Crippen LogP contribution is 2.30. The first-order valence-electron chi connectivity index (χ1n) is 9.58. The zero-order valence-corrected chi connectivity index (χ0v) is 16.0. The number of benzene rings is 3. The monoisotopic (exact) mass is 358 g/mol. The molecule has 27 heavy (non-hydrogen) atoms. The molecule has 0 aliphatic heterocycles. The van der Waals surface area contributed by atoms with Crippen molar-refractivity contribution in [1.29, 1.82) is 0 Å². The number of nitrogens with zero attached hydrogens (tertiary/aromatic N) is 2. The van der Waals surface area contributed by atoms with Crippen LogP contribution in [-0.4, -0.2) is 28.2 Å². The van der Waals surface area contributed by atoms with Gasteiger partial charge in [0.25, 0.3) is 0 Å². The maximum absolute atomic E-state index is 10.5. The summed E-state index contributed by atoms with van der Waals surface area (Å²) in [6.45, 7) is 4.58. The fourth-order valence-corrected chi connectivity index (χ4v) is 3.99. The van der Waals surface area contributed by atoms with Crippen molar-refractivity contribution in [2.24, 2.45) is 0 Å². The molecular weight excluding hydrogens is 332 g/mol. The fraction of sp³-hybridized carbons (Fsp3) is 0.250. The minimum atomic E-state index is -0.470. The Labute approximate surface area is 160 Å². The minimum Gasteiger partial charge on any atom is -0.387 e. The van der Waals surface area contributed by atoms with Gasteiger partial charge in [0.1, 0.15) is 0 Å². The highest BCUT2D eigenvalue weighted by molar-refractivity contribution is 6.08. The molecule has 0 saturated heterocycles. The lowest BCUT2D eigenvalue weighted by Crippen LogP contribution is -2.24. The van der Waals surface area contributed by atoms with E-state index in [9.17, 15) is 5.11 Å². The minimum absolute atomic E-state index is 0.470. The molecule has 4 rings (SSSR count). The third-order valence-electron chi connectivity index (χ3n) is 5.27. The Morgan fingerprint density at radius 1 is 0.889 bits per heavy atom. The molecule has 4 aromatic rings. The van der Waals surface area contributed by atoms with Crippen molar-refractivity contribution in [3.05, 3.63) is 83.9 Å². The first kappa shape index (κ1) is 17.8. The van der Waals surface area contributed by atoms with Gasteiger partial charge in [0, 0.05) is 41.4 Å². The van der Waals surface area contributed by atoms with Crippen molar-refractivity contribution >= 4 is 21.8 Å². The summed E-state index contributed by atoms with van der Waals surface area (Å²) in [6.07, 6.45) is -0.470. The summed E-state index contributed by atoms with van der Waals surface area (Å²) in [5.41, 5.74) is 4.81. The average molecular weight is 358 g/mol. The molecule has 1 N–H and O–H groups in total. The summed E-state index contributed by atoms with van der Waals surface area (Å²) in [5.74, 6) is 0. The molecule has 0 aliphatic rings. The quantitative estimate of drug-likeness (QED) is 0.526. The molecule has 0 spiro atoms. The van der Waals surface area contributed by atoms with Gasteiger partial charge < -0.3 is 9.67 Å². The second kappa shape index (κ2) is 7.55. The van der Waals surface area contributed by atoms with Crippen molar-refractivity contribution in [2.75, 3.05) is 13.6 Å². The number of para-hydroxylation sites is 1. The highest BCUT2D eigenvalue weighted by Gasteiger charge is 2.13. The predicted molar refractivity (Wildman–Crippen MR) is 113 cm³/mol. The summed E-state index contributed by atoms with van der Waals surface area (Å²) >= 11 is 0. The molecule has 1 atom stereocenters. The lowest BCUT2D eigenvalue weighted by Gasteiger charge is -2.21. The number of aromatic nitrogens is 1. The van der Waals surface area contributed by atoms with Crippen LogP contribution in [0.25, 0.3) is 21.8 Å². The smallest absolute Gasteiger partial charge is 0.0916 e. The number of fused-ring (bicyclic) bond motifs is 3. The van der Waals surface area contributed by atoms with Crippen molar-refractivity contribution < 1.29 is 5.11 Å². The molecule has 0 bridgehead atoms. The van der Waals surface area contributed by atoms with Crippen molar-refractivity contribution in [1.82, 2.24) is 9.47 Å². The topological polar surface area (TPSA) is 28.4 Å². The van der Waals surface area contributed by atoms with E-state index in [0.717, 1.165) is 18.7 Å². The van der Waals surface area contributed by atoms with E-state index in [0.29, 0.717) is 6.54 Å². The van der Waals surface area contributed by atoms with Gasteiger partial charge in [0.15, 0.2) is 0 Å². The second-order valence-corrected chi connectivity index (χ2v) is 7.24. The molecule has 0 amide bonds. The summed E-state index contributed by atoms with van der Waals surface area (Å²) in [7, 11) is 2.06. The van der Waals surface area contributed by atoms with E-state index in [1.807, 2.05) is 30.3 Å². The number of rotatable bonds is 6. The molecular formula is C24H26N2O. The molecule has 3 aromatic carbocycles. The number of aryl methyl sites for hydroxylation is 1. The maximum Gasteiger partial charge on any atom is 0.0916 e. The number of hydrogen-bond acceptors (Lipinski definition) is 2. The Kier molecular flexibility index (Phi) is 4.97. The van der Waals surface area contributed by atoms with Gasteiger partial charge in [0.05, 0.1) is 6.10 Å². The highest BCUT2D eigenvalue weighted by atomic mass is 16.3. The first-order chi connectivity index (χ1) is 13.2. The van der Waals surface area contributed by atoms with E-state index >= 15 is 0 Å². The Morgan fingerprint density at radius 3 is 2.37 bits per heavy atom. The SMILES string of the molecule is CCn1c2ccccc2c2cc(CN(C)CC(O)c3ccccc3)ccc21. The molecule has 0 radical (unpaired) electrons. The molecule has 1 heterocycles. The van der Waals surface area contributed by atoms with Crippen LogP contribution in [0.5, 0.6) is 0 Å². The zero-order chi connectivity index (χ0) is 18.8. The average Bonchev–Trinajstić information content (AvgIpc) is 3.01. The van der Waals surface area contributed by atoms with E-state index in [1.54, 1.807) is 0 Å². The number of aliphatic hydroxyl groups is 1. The van der Waals surface area contributed by atoms with Gasteiger partial charge >= 0.3 is 0 Å². The van der Waals surface area contributed by atoms with Gasteiger partial charge in [-0.2, -0.15) is 0 Å². The van der Waals surface area contributed by atoms with Gasteiger partial charge in [-0.15, -0.1) is 0 Å². The zero-order valence-electron chi connectivity index (χ0n) is 16.0. The largest absolute Gasteiger partial charge is 0.387 e. The van der Waals surface area contributed by atoms with Crippen LogP contribution in [0.3, 0.4) is 0 Å². The molecule has 0 saturated carbocycles. The Bertz CT molecular complexity index is 1050. The Hall–Kier alpha value is -2.62. The van der Waals surface area contributed by atoms with Gasteiger partial charge in [-0.05, 0) is 43.3 Å². The molecule has 1 unspecified atom stereocenters. The van der Waals surface area contributed by atoms with E-state index in [4.69, 9.17) is 0 Å². The van der Waals surface area contributed by atoms with Crippen LogP contribution in [0.15, 0.2) is 72.8 Å². The Morgan fingerprint density at radius 2 is 1.59 bits per heavy atom. The van der Waals surface area contributed by atoms with Gasteiger partial charge in [0.2, 0.25) is 0 Å². The van der Waals surface area contributed by atoms with E-state index in [1.165, 1.54) is 27.4 Å². The summed E-state index contributed by atoms with van der Waals surface area (Å²) < 4.78 is 2.37. The molecule has 0 fully saturated rings. The van der Waals surface area contributed by atoms with Crippen LogP contribution in [0.2, 0.25) is 0 Å². The van der Waals surface area contributed by atoms with Crippen molar-refractivity contribution in [3.8, 4) is 0 Å². The number of likely N-dealkylation sites (N-methyl/N-ethyl adjacent to an activating group) is 1. The summed E-state index contributed by atoms with van der Waals surface area (Å²) in [6, 6.07) is 25.2. The number of hydrogen-bond donors (Lipinski definition) is 1. The number of aliphatic hydroxyl groups excluding tert-OH is 1. The lowest BCUT2D eigenvalue weighted by atomic mass is 10.1. The lowest BCUT2D eigenvalue weighted by molar-refractivity contribution is 0.124. The second-order valence-electron chi connectivity index (χ2n) is 7.24. The summed E-state index contributed by atoms with van der Waals surface area (Å²) in [5, 5.41) is 13.1. The van der Waals surface area contributed by atoms with Crippen LogP contribution in [-0.2, 0) is 13.1 Å². The molecule has 3 heteroatoms. The first-order valence-corrected chi connectivity index (χ1v) is 9.58. The maximum atomic E-state index is 10.5. The summed E-state index contributed by atoms with van der Waals surface area (Å²) in [4.78, 5) is 2.18. The van der Waals surface area contributed by atoms with E-state index in [-0.39, 0.29) is 0 Å². The third kappa shape index (κ3) is 3.48. The van der Waals surface area contributed by atoms with Crippen molar-refractivity contribution in [3.63, 3.8) is 0 Å². The fourth-order valence-electron chi connectivity index (χ4n) is 3.99. The van der Waals surface area contributed by atoms with E-state index in [2.05, 4.69) is 65.9 Å². The van der Waals surface area contributed by atoms with Crippen LogP contribution in [0.1, 0.15) is 24.2 Å². The van der Waals surface area contributed by atoms with Crippen LogP contribution in [0, 0.1) is 0 Å². The normalized spacial score (nSPS) is 12.9. The molecule has 138 valence electrons. The standard InChI is InChI=1S/C24H26N2O/c1-3-26-22-12-8-7-11-20(22)21-15-18(13-14-23(21)26)16-25(2)17-24(27)19-9-5-4-6-10-19/h4-15,24,27H,3,16-17H2,1-2H3. The van der Waals surface area contributed by atoms with Gasteiger partial charge in [-0.1, -0.05) is 54.6 Å². The van der Waals surface area contributed by atoms with Crippen LogP contribution in [0.4, 0.5) is 0 Å². The van der Waals surface area contributed by atoms with Gasteiger partial charge in [-0.3, -0.25) is 4.90 Å². The van der Waals surface area contributed by atoms with E-state index < -0.39 is 6.10 Å². The molecule has 0 aliphatic carbocycles. The van der Waals surface area contributed by atoms with Gasteiger partial charge in [-0.25, -0.2) is 0 Å². The molecule has 1 aromatic heterocycles.